The predicted molar refractivity (Wildman–Crippen MR) is 127 cm³/mol. The Bertz CT molecular complexity index is 1320. The molecule has 3 aromatic rings. The fraction of sp³-hybridized carbons (Fsp3) is 0.333. The maximum Gasteiger partial charge on any atom is 0.229 e. The maximum atomic E-state index is 11.6. The Labute approximate surface area is 189 Å². The van der Waals surface area contributed by atoms with Gasteiger partial charge in [0.2, 0.25) is 10.0 Å². The number of rotatable bonds is 4. The Hall–Kier alpha value is -3.31. The van der Waals surface area contributed by atoms with Crippen molar-refractivity contribution in [2.75, 3.05) is 11.0 Å². The predicted octanol–water partition coefficient (Wildman–Crippen LogP) is 3.87. The lowest BCUT2D eigenvalue weighted by Gasteiger charge is -2.18. The lowest BCUT2D eigenvalue weighted by Crippen LogP contribution is -2.13. The van der Waals surface area contributed by atoms with Crippen LogP contribution in [0.2, 0.25) is 0 Å². The molecule has 3 heterocycles. The van der Waals surface area contributed by atoms with E-state index in [0.29, 0.717) is 23.4 Å². The van der Waals surface area contributed by atoms with Gasteiger partial charge in [-0.15, -0.1) is 0 Å². The smallest absolute Gasteiger partial charge is 0.229 e. The largest absolute Gasteiger partial charge is 0.282 e. The van der Waals surface area contributed by atoms with Gasteiger partial charge in [0.05, 0.1) is 34.6 Å². The third-order valence-electron chi connectivity index (χ3n) is 4.78. The molecule has 0 aliphatic heterocycles. The van der Waals surface area contributed by atoms with Gasteiger partial charge in [-0.1, -0.05) is 39.5 Å². The summed E-state index contributed by atoms with van der Waals surface area (Å²) < 4.78 is 25.7. The zero-order chi connectivity index (χ0) is 23.5. The summed E-state index contributed by atoms with van der Waals surface area (Å²) in [7, 11) is -3.42. The van der Waals surface area contributed by atoms with Crippen molar-refractivity contribution in [3.63, 3.8) is 0 Å². The van der Waals surface area contributed by atoms with Gasteiger partial charge in [0.25, 0.3) is 0 Å². The Morgan fingerprint density at radius 2 is 1.81 bits per heavy atom. The second kappa shape index (κ2) is 9.05. The van der Waals surface area contributed by atoms with Gasteiger partial charge in [-0.25, -0.2) is 18.4 Å². The number of nitrogens with zero attached hydrogens (tertiary/aromatic N) is 4. The number of anilines is 1. The normalized spacial score (nSPS) is 11.6. The number of pyridine rings is 2. The van der Waals surface area contributed by atoms with Crippen molar-refractivity contribution < 1.29 is 8.42 Å². The Kier molecular flexibility index (Phi) is 6.60. The molecule has 0 aromatic carbocycles. The van der Waals surface area contributed by atoms with Crippen LogP contribution in [0.25, 0.3) is 11.3 Å². The van der Waals surface area contributed by atoms with Crippen molar-refractivity contribution >= 4 is 15.7 Å². The molecule has 7 nitrogen and oxygen atoms in total. The minimum Gasteiger partial charge on any atom is -0.282 e. The Morgan fingerprint density at radius 3 is 2.47 bits per heavy atom. The molecule has 3 aromatic heterocycles. The van der Waals surface area contributed by atoms with Crippen LogP contribution in [0.5, 0.6) is 0 Å². The van der Waals surface area contributed by atoms with Crippen molar-refractivity contribution in [1.29, 1.82) is 0 Å². The SMILES string of the molecule is CCc1ncnc(-c2ccnc(C(C)(C)C)c2)c1C#Cc1cnc(C)c(NS(C)(=O)=O)c1. The van der Waals surface area contributed by atoms with Gasteiger partial charge >= 0.3 is 0 Å². The molecule has 3 rings (SSSR count). The molecule has 0 atom stereocenters. The van der Waals surface area contributed by atoms with Gasteiger partial charge in [0.15, 0.2) is 0 Å². The third kappa shape index (κ3) is 5.68. The highest BCUT2D eigenvalue weighted by molar-refractivity contribution is 7.92. The first-order chi connectivity index (χ1) is 15.0. The molecular weight excluding hydrogens is 422 g/mol. The molecular formula is C24H27N5O2S. The molecule has 0 saturated heterocycles. The first-order valence-corrected chi connectivity index (χ1v) is 12.1. The zero-order valence-corrected chi connectivity index (χ0v) is 20.0. The van der Waals surface area contributed by atoms with E-state index in [2.05, 4.69) is 57.3 Å². The van der Waals surface area contributed by atoms with E-state index >= 15 is 0 Å². The van der Waals surface area contributed by atoms with E-state index in [1.165, 1.54) is 0 Å². The minimum atomic E-state index is -3.42. The summed E-state index contributed by atoms with van der Waals surface area (Å²) in [5.41, 5.74) is 5.67. The first kappa shape index (κ1) is 23.4. The van der Waals surface area contributed by atoms with Gasteiger partial charge in [-0.05, 0) is 31.5 Å². The van der Waals surface area contributed by atoms with E-state index in [1.54, 1.807) is 31.7 Å². The topological polar surface area (TPSA) is 97.7 Å². The minimum absolute atomic E-state index is 0.0982. The highest BCUT2D eigenvalue weighted by Crippen LogP contribution is 2.27. The number of aryl methyl sites for hydroxylation is 2. The fourth-order valence-corrected chi connectivity index (χ4v) is 3.67. The van der Waals surface area contributed by atoms with Crippen molar-refractivity contribution in [3.8, 4) is 23.1 Å². The highest BCUT2D eigenvalue weighted by atomic mass is 32.2. The van der Waals surface area contributed by atoms with E-state index in [1.807, 2.05) is 19.1 Å². The Balaban J connectivity index is 2.10. The maximum absolute atomic E-state index is 11.6. The fourth-order valence-electron chi connectivity index (χ4n) is 3.07. The molecule has 1 N–H and O–H groups in total. The van der Waals surface area contributed by atoms with Crippen LogP contribution >= 0.6 is 0 Å². The van der Waals surface area contributed by atoms with Crippen LogP contribution in [0.15, 0.2) is 36.9 Å². The third-order valence-corrected chi connectivity index (χ3v) is 5.37. The average molecular weight is 450 g/mol. The van der Waals surface area contributed by atoms with Gasteiger partial charge in [0.1, 0.15) is 6.33 Å². The first-order valence-electron chi connectivity index (χ1n) is 10.2. The van der Waals surface area contributed by atoms with Crippen LogP contribution in [0.1, 0.15) is 55.9 Å². The molecule has 0 amide bonds. The van der Waals surface area contributed by atoms with Crippen LogP contribution in [0.4, 0.5) is 5.69 Å². The van der Waals surface area contributed by atoms with Crippen LogP contribution in [-0.4, -0.2) is 34.6 Å². The second-order valence-corrected chi connectivity index (χ2v) is 10.3. The van der Waals surface area contributed by atoms with Crippen molar-refractivity contribution in [2.45, 2.75) is 46.5 Å². The zero-order valence-electron chi connectivity index (χ0n) is 19.2. The summed E-state index contributed by atoms with van der Waals surface area (Å²) in [6.45, 7) is 10.1. The van der Waals surface area contributed by atoms with E-state index in [9.17, 15) is 8.42 Å². The molecule has 0 unspecified atom stereocenters. The molecule has 0 spiro atoms. The lowest BCUT2D eigenvalue weighted by molar-refractivity contribution is 0.569. The standard InChI is InChI=1S/C24H27N5O2S/c1-7-20-19(9-8-17-12-21(16(2)26-14-17)29-32(6,30)31)23(28-15-27-20)18-10-11-25-22(13-18)24(3,4)5/h10-15,29H,7H2,1-6H3. The van der Waals surface area contributed by atoms with E-state index in [4.69, 9.17) is 0 Å². The summed E-state index contributed by atoms with van der Waals surface area (Å²) in [6, 6.07) is 5.63. The molecule has 0 aliphatic carbocycles. The molecule has 0 saturated carbocycles. The average Bonchev–Trinajstić information content (AvgIpc) is 2.72. The number of hydrogen-bond acceptors (Lipinski definition) is 6. The quantitative estimate of drug-likeness (QED) is 0.607. The lowest BCUT2D eigenvalue weighted by atomic mass is 9.90. The summed E-state index contributed by atoms with van der Waals surface area (Å²) >= 11 is 0. The summed E-state index contributed by atoms with van der Waals surface area (Å²) in [5.74, 6) is 6.30. The number of aromatic nitrogens is 4. The van der Waals surface area contributed by atoms with E-state index < -0.39 is 10.0 Å². The highest BCUT2D eigenvalue weighted by Gasteiger charge is 2.18. The molecule has 0 fully saturated rings. The number of sulfonamides is 1. The monoisotopic (exact) mass is 449 g/mol. The molecule has 0 radical (unpaired) electrons. The van der Waals surface area contributed by atoms with E-state index in [0.717, 1.165) is 34.5 Å². The van der Waals surface area contributed by atoms with Crippen LogP contribution in [-0.2, 0) is 21.9 Å². The summed E-state index contributed by atoms with van der Waals surface area (Å²) in [5, 5.41) is 0. The van der Waals surface area contributed by atoms with Gasteiger partial charge in [-0.3, -0.25) is 14.7 Å². The Morgan fingerprint density at radius 1 is 1.06 bits per heavy atom. The molecule has 32 heavy (non-hydrogen) atoms. The van der Waals surface area contributed by atoms with Crippen molar-refractivity contribution in [2.24, 2.45) is 0 Å². The second-order valence-electron chi connectivity index (χ2n) is 8.56. The van der Waals surface area contributed by atoms with Gasteiger partial charge < -0.3 is 0 Å². The van der Waals surface area contributed by atoms with Crippen molar-refractivity contribution in [3.05, 3.63) is 65.1 Å². The molecule has 166 valence electrons. The summed E-state index contributed by atoms with van der Waals surface area (Å²) in [4.78, 5) is 17.7. The van der Waals surface area contributed by atoms with Gasteiger partial charge in [-0.2, -0.15) is 0 Å². The van der Waals surface area contributed by atoms with Crippen molar-refractivity contribution in [1.82, 2.24) is 19.9 Å². The molecule has 0 aliphatic rings. The van der Waals surface area contributed by atoms with E-state index in [-0.39, 0.29) is 5.41 Å². The number of nitrogens with one attached hydrogen (secondary N) is 1. The van der Waals surface area contributed by atoms with Crippen LogP contribution < -0.4 is 4.72 Å². The molecule has 0 bridgehead atoms. The number of hydrogen-bond donors (Lipinski definition) is 1. The van der Waals surface area contributed by atoms with Gasteiger partial charge in [0, 0.05) is 34.6 Å². The van der Waals surface area contributed by atoms with Crippen LogP contribution in [0, 0.1) is 18.8 Å². The summed E-state index contributed by atoms with van der Waals surface area (Å²) in [6.07, 6.45) is 6.76. The molecule has 8 heteroatoms. The van der Waals surface area contributed by atoms with Crippen LogP contribution in [0.3, 0.4) is 0 Å².